The molecule has 1 fully saturated rings. The Kier molecular flexibility index (Phi) is 2.70. The third-order valence-electron chi connectivity index (χ3n) is 2.14. The van der Waals surface area contributed by atoms with Gasteiger partial charge >= 0.3 is 0 Å². The summed E-state index contributed by atoms with van der Waals surface area (Å²) in [5.74, 6) is 0. The van der Waals surface area contributed by atoms with Crippen LogP contribution in [-0.2, 0) is 0 Å². The summed E-state index contributed by atoms with van der Waals surface area (Å²) in [6.45, 7) is 5.96. The summed E-state index contributed by atoms with van der Waals surface area (Å²) < 4.78 is 0. The second-order valence-electron chi connectivity index (χ2n) is 3.13. The minimum Gasteiger partial charge on any atom is -0.102 e. The summed E-state index contributed by atoms with van der Waals surface area (Å²) in [7, 11) is 0. The van der Waals surface area contributed by atoms with Gasteiger partial charge in [-0.15, -0.1) is 6.58 Å². The molecule has 0 bridgehead atoms. The van der Waals surface area contributed by atoms with Crippen LogP contribution < -0.4 is 0 Å². The van der Waals surface area contributed by atoms with E-state index in [0.29, 0.717) is 5.41 Å². The van der Waals surface area contributed by atoms with E-state index in [1.165, 1.54) is 12.8 Å². The highest BCUT2D eigenvalue weighted by atomic mass is 14.4. The highest BCUT2D eigenvalue weighted by molar-refractivity contribution is 5.21. The van der Waals surface area contributed by atoms with E-state index in [9.17, 15) is 0 Å². The van der Waals surface area contributed by atoms with Crippen molar-refractivity contribution in [2.75, 3.05) is 0 Å². The van der Waals surface area contributed by atoms with Crippen molar-refractivity contribution in [2.45, 2.75) is 26.2 Å². The summed E-state index contributed by atoms with van der Waals surface area (Å²) in [4.78, 5) is 0. The fourth-order valence-electron chi connectivity index (χ4n) is 1.05. The van der Waals surface area contributed by atoms with Crippen molar-refractivity contribution in [3.63, 3.8) is 0 Å². The van der Waals surface area contributed by atoms with Gasteiger partial charge in [-0.1, -0.05) is 37.3 Å². The number of rotatable bonds is 4. The molecular weight excluding hydrogens is 132 g/mol. The minimum absolute atomic E-state index is 0.373. The normalized spacial score (nSPS) is 21.2. The Morgan fingerprint density at radius 2 is 2.09 bits per heavy atom. The van der Waals surface area contributed by atoms with Crippen LogP contribution >= 0.6 is 0 Å². The molecule has 0 spiro atoms. The molecule has 0 aliphatic heterocycles. The van der Waals surface area contributed by atoms with Gasteiger partial charge in [0.05, 0.1) is 0 Å². The van der Waals surface area contributed by atoms with Crippen LogP contribution in [0.15, 0.2) is 37.0 Å². The van der Waals surface area contributed by atoms with Crippen LogP contribution in [0.1, 0.15) is 26.2 Å². The lowest BCUT2D eigenvalue weighted by Gasteiger charge is -1.97. The maximum atomic E-state index is 3.82. The van der Waals surface area contributed by atoms with Gasteiger partial charge in [0.2, 0.25) is 0 Å². The van der Waals surface area contributed by atoms with E-state index >= 15 is 0 Å². The van der Waals surface area contributed by atoms with Gasteiger partial charge in [0.1, 0.15) is 0 Å². The van der Waals surface area contributed by atoms with E-state index in [1.807, 2.05) is 0 Å². The zero-order valence-corrected chi connectivity index (χ0v) is 7.22. The Morgan fingerprint density at radius 3 is 2.55 bits per heavy atom. The highest BCUT2D eigenvalue weighted by Crippen LogP contribution is 2.47. The van der Waals surface area contributed by atoms with Crippen molar-refractivity contribution in [1.82, 2.24) is 0 Å². The molecule has 0 heterocycles. The van der Waals surface area contributed by atoms with Crippen molar-refractivity contribution in [3.05, 3.63) is 37.0 Å². The molecule has 0 aromatic heterocycles. The third-order valence-corrected chi connectivity index (χ3v) is 2.14. The standard InChI is InChI=1S/C11H16/c1-3-5-6-7-8-11(4-2)9-10-11/h4-8H,2-3,9-10H2,1H3. The van der Waals surface area contributed by atoms with Gasteiger partial charge < -0.3 is 0 Å². The van der Waals surface area contributed by atoms with Gasteiger partial charge in [-0.3, -0.25) is 0 Å². The molecule has 0 heteroatoms. The van der Waals surface area contributed by atoms with Gasteiger partial charge in [-0.2, -0.15) is 0 Å². The van der Waals surface area contributed by atoms with Gasteiger partial charge in [0.15, 0.2) is 0 Å². The smallest absolute Gasteiger partial charge is 0.00622 e. The summed E-state index contributed by atoms with van der Waals surface area (Å²) in [5.41, 5.74) is 0.373. The second kappa shape index (κ2) is 3.56. The Hall–Kier alpha value is -0.780. The van der Waals surface area contributed by atoms with Crippen LogP contribution in [0, 0.1) is 5.41 Å². The molecule has 11 heavy (non-hydrogen) atoms. The first-order chi connectivity index (χ1) is 5.33. The molecule has 0 saturated heterocycles. The maximum Gasteiger partial charge on any atom is 0.00622 e. The summed E-state index contributed by atoms with van der Waals surface area (Å²) >= 11 is 0. The molecule has 0 aromatic rings. The average molecular weight is 148 g/mol. The van der Waals surface area contributed by atoms with E-state index in [4.69, 9.17) is 0 Å². The third kappa shape index (κ3) is 2.38. The first kappa shape index (κ1) is 8.32. The van der Waals surface area contributed by atoms with Crippen LogP contribution in [0.5, 0.6) is 0 Å². The van der Waals surface area contributed by atoms with Crippen molar-refractivity contribution in [1.29, 1.82) is 0 Å². The van der Waals surface area contributed by atoms with Gasteiger partial charge in [0, 0.05) is 5.41 Å². The first-order valence-corrected chi connectivity index (χ1v) is 4.31. The molecule has 0 radical (unpaired) electrons. The quantitative estimate of drug-likeness (QED) is 0.423. The topological polar surface area (TPSA) is 0 Å². The summed E-state index contributed by atoms with van der Waals surface area (Å²) in [5, 5.41) is 0. The van der Waals surface area contributed by atoms with Crippen molar-refractivity contribution in [3.8, 4) is 0 Å². The molecule has 1 aliphatic carbocycles. The molecule has 0 atom stereocenters. The van der Waals surface area contributed by atoms with Crippen LogP contribution in [0.4, 0.5) is 0 Å². The van der Waals surface area contributed by atoms with E-state index in [2.05, 4.69) is 43.9 Å². The molecule has 0 unspecified atom stereocenters. The predicted molar refractivity (Wildman–Crippen MR) is 50.4 cm³/mol. The first-order valence-electron chi connectivity index (χ1n) is 4.31. The van der Waals surface area contributed by atoms with Crippen molar-refractivity contribution >= 4 is 0 Å². The maximum absolute atomic E-state index is 3.82. The molecule has 0 N–H and O–H groups in total. The largest absolute Gasteiger partial charge is 0.102 e. The molecule has 1 saturated carbocycles. The van der Waals surface area contributed by atoms with Crippen LogP contribution in [0.3, 0.4) is 0 Å². The zero-order chi connectivity index (χ0) is 8.16. The molecule has 1 aliphatic rings. The minimum atomic E-state index is 0.373. The fourth-order valence-corrected chi connectivity index (χ4v) is 1.05. The van der Waals surface area contributed by atoms with Gasteiger partial charge in [0.25, 0.3) is 0 Å². The monoisotopic (exact) mass is 148 g/mol. The molecule has 60 valence electrons. The molecule has 0 amide bonds. The van der Waals surface area contributed by atoms with Crippen molar-refractivity contribution in [2.24, 2.45) is 5.41 Å². The van der Waals surface area contributed by atoms with Crippen LogP contribution in [0.2, 0.25) is 0 Å². The average Bonchev–Trinajstić information content (AvgIpc) is 2.80. The lowest BCUT2D eigenvalue weighted by Crippen LogP contribution is -1.85. The van der Waals surface area contributed by atoms with Crippen LogP contribution in [-0.4, -0.2) is 0 Å². The van der Waals surface area contributed by atoms with E-state index in [-0.39, 0.29) is 0 Å². The molecule has 0 nitrogen and oxygen atoms in total. The predicted octanol–water partition coefficient (Wildman–Crippen LogP) is 3.48. The molecule has 1 rings (SSSR count). The lowest BCUT2D eigenvalue weighted by molar-refractivity contribution is 0.860. The highest BCUT2D eigenvalue weighted by Gasteiger charge is 2.35. The number of hydrogen-bond donors (Lipinski definition) is 0. The number of allylic oxidation sites excluding steroid dienone is 5. The van der Waals surface area contributed by atoms with Gasteiger partial charge in [-0.25, -0.2) is 0 Å². The second-order valence-corrected chi connectivity index (χ2v) is 3.13. The Labute approximate surface area is 69.3 Å². The SMILES string of the molecule is C=CC1(C=CC=CCC)CC1. The molecule has 0 aromatic carbocycles. The lowest BCUT2D eigenvalue weighted by atomic mass is 10.1. The Bertz CT molecular complexity index is 180. The zero-order valence-electron chi connectivity index (χ0n) is 7.22. The molecular formula is C11H16. The number of hydrogen-bond acceptors (Lipinski definition) is 0. The van der Waals surface area contributed by atoms with E-state index < -0.39 is 0 Å². The van der Waals surface area contributed by atoms with Crippen molar-refractivity contribution < 1.29 is 0 Å². The van der Waals surface area contributed by atoms with Crippen LogP contribution in [0.25, 0.3) is 0 Å². The van der Waals surface area contributed by atoms with E-state index in [0.717, 1.165) is 6.42 Å². The fraction of sp³-hybridized carbons (Fsp3) is 0.455. The summed E-state index contributed by atoms with van der Waals surface area (Å²) in [6.07, 6.45) is 14.4. The Balaban J connectivity index is 2.35. The van der Waals surface area contributed by atoms with Gasteiger partial charge in [-0.05, 0) is 19.3 Å². The Morgan fingerprint density at radius 1 is 1.36 bits per heavy atom. The summed E-state index contributed by atoms with van der Waals surface area (Å²) in [6, 6.07) is 0. The van der Waals surface area contributed by atoms with E-state index in [1.54, 1.807) is 0 Å².